The van der Waals surface area contributed by atoms with E-state index in [0.29, 0.717) is 31.9 Å². The zero-order chi connectivity index (χ0) is 19.2. The predicted octanol–water partition coefficient (Wildman–Crippen LogP) is 1.41. The minimum Gasteiger partial charge on any atom is -0.358 e. The van der Waals surface area contributed by atoms with Crippen molar-refractivity contribution in [2.24, 2.45) is 0 Å². The lowest BCUT2D eigenvalue weighted by molar-refractivity contribution is -0.130. The molecule has 2 aromatic rings. The number of anilines is 1. The summed E-state index contributed by atoms with van der Waals surface area (Å²) in [5, 5.41) is 11.7. The number of thioether (sulfide) groups is 1. The summed E-state index contributed by atoms with van der Waals surface area (Å²) in [6.07, 6.45) is 0.277. The normalized spacial score (nSPS) is 14.3. The first-order chi connectivity index (χ1) is 13.0. The van der Waals surface area contributed by atoms with Gasteiger partial charge < -0.3 is 15.1 Å². The van der Waals surface area contributed by atoms with E-state index in [1.807, 2.05) is 4.90 Å². The number of hydrogen-bond acceptors (Lipinski definition) is 7. The molecular formula is C17H20FN5O2S2. The number of benzene rings is 1. The van der Waals surface area contributed by atoms with Crippen molar-refractivity contribution in [2.45, 2.75) is 10.8 Å². The third-order valence-electron chi connectivity index (χ3n) is 4.17. The lowest BCUT2D eigenvalue weighted by atomic mass is 10.1. The van der Waals surface area contributed by atoms with Crippen LogP contribution in [0, 0.1) is 5.82 Å². The molecule has 1 aliphatic heterocycles. The van der Waals surface area contributed by atoms with Crippen molar-refractivity contribution in [3.05, 3.63) is 35.6 Å². The van der Waals surface area contributed by atoms with Gasteiger partial charge in [0, 0.05) is 33.2 Å². The molecule has 144 valence electrons. The molecule has 0 aliphatic carbocycles. The number of nitrogens with one attached hydrogen (secondary N) is 1. The number of hydrogen-bond donors (Lipinski definition) is 1. The molecule has 1 aromatic heterocycles. The standard InChI is InChI=1S/C17H20FN5O2S2/c1-19-14(24)11-26-17-21-20-16(27-17)23-8-6-22(7-9-23)15(25)10-12-2-4-13(18)5-3-12/h2-5H,6-11H2,1H3,(H,19,24). The quantitative estimate of drug-likeness (QED) is 0.727. The van der Waals surface area contributed by atoms with Crippen molar-refractivity contribution >= 4 is 40.0 Å². The number of carbonyl (C=O) groups excluding carboxylic acids is 2. The summed E-state index contributed by atoms with van der Waals surface area (Å²) in [5.41, 5.74) is 0.811. The Labute approximate surface area is 164 Å². The van der Waals surface area contributed by atoms with Gasteiger partial charge in [0.2, 0.25) is 16.9 Å². The van der Waals surface area contributed by atoms with Crippen LogP contribution in [0.5, 0.6) is 0 Å². The van der Waals surface area contributed by atoms with Gasteiger partial charge in [0.05, 0.1) is 12.2 Å². The van der Waals surface area contributed by atoms with E-state index in [4.69, 9.17) is 0 Å². The van der Waals surface area contributed by atoms with Crippen molar-refractivity contribution in [2.75, 3.05) is 43.9 Å². The molecule has 7 nitrogen and oxygen atoms in total. The summed E-state index contributed by atoms with van der Waals surface area (Å²) >= 11 is 2.81. The molecule has 1 saturated heterocycles. The molecule has 0 bridgehead atoms. The molecule has 1 fully saturated rings. The van der Waals surface area contributed by atoms with Gasteiger partial charge in [0.1, 0.15) is 5.82 Å². The fraction of sp³-hybridized carbons (Fsp3) is 0.412. The van der Waals surface area contributed by atoms with E-state index in [-0.39, 0.29) is 24.1 Å². The van der Waals surface area contributed by atoms with Crippen LogP contribution >= 0.6 is 23.1 Å². The Morgan fingerprint density at radius 2 is 1.89 bits per heavy atom. The Morgan fingerprint density at radius 1 is 1.19 bits per heavy atom. The number of aromatic nitrogens is 2. The van der Waals surface area contributed by atoms with Crippen LogP contribution in [-0.4, -0.2) is 65.9 Å². The van der Waals surface area contributed by atoms with E-state index in [2.05, 4.69) is 20.4 Å². The monoisotopic (exact) mass is 409 g/mol. The summed E-state index contributed by atoms with van der Waals surface area (Å²) in [4.78, 5) is 27.6. The third kappa shape index (κ3) is 5.39. The highest BCUT2D eigenvalue weighted by Gasteiger charge is 2.23. The summed E-state index contributed by atoms with van der Waals surface area (Å²) in [5.74, 6) is 0.00618. The molecule has 1 aliphatic rings. The zero-order valence-electron chi connectivity index (χ0n) is 14.9. The number of amides is 2. The number of rotatable bonds is 6. The van der Waals surface area contributed by atoms with Crippen LogP contribution in [0.4, 0.5) is 9.52 Å². The molecule has 0 atom stereocenters. The number of nitrogens with zero attached hydrogens (tertiary/aromatic N) is 4. The Morgan fingerprint density at radius 3 is 2.56 bits per heavy atom. The minimum atomic E-state index is -0.301. The summed E-state index contributed by atoms with van der Waals surface area (Å²) in [7, 11) is 1.60. The van der Waals surface area contributed by atoms with Gasteiger partial charge in [-0.15, -0.1) is 10.2 Å². The molecule has 10 heteroatoms. The molecule has 2 amide bonds. The molecule has 3 rings (SSSR count). The average molecular weight is 410 g/mol. The maximum absolute atomic E-state index is 13.0. The molecule has 27 heavy (non-hydrogen) atoms. The highest BCUT2D eigenvalue weighted by atomic mass is 32.2. The Bertz CT molecular complexity index is 791. The van der Waals surface area contributed by atoms with Crippen molar-refractivity contribution in [3.8, 4) is 0 Å². The van der Waals surface area contributed by atoms with Crippen LogP contribution in [-0.2, 0) is 16.0 Å². The predicted molar refractivity (Wildman–Crippen MR) is 104 cm³/mol. The lowest BCUT2D eigenvalue weighted by Gasteiger charge is -2.34. The van der Waals surface area contributed by atoms with Crippen molar-refractivity contribution in [3.63, 3.8) is 0 Å². The van der Waals surface area contributed by atoms with E-state index in [0.717, 1.165) is 15.0 Å². The maximum Gasteiger partial charge on any atom is 0.230 e. The van der Waals surface area contributed by atoms with Crippen LogP contribution in [0.2, 0.25) is 0 Å². The van der Waals surface area contributed by atoms with E-state index < -0.39 is 0 Å². The molecular weight excluding hydrogens is 389 g/mol. The first kappa shape index (κ1) is 19.6. The van der Waals surface area contributed by atoms with Gasteiger partial charge in [-0.2, -0.15) is 0 Å². The fourth-order valence-corrected chi connectivity index (χ4v) is 4.39. The van der Waals surface area contributed by atoms with Gasteiger partial charge in [-0.1, -0.05) is 35.2 Å². The van der Waals surface area contributed by atoms with E-state index in [9.17, 15) is 14.0 Å². The second kappa shape index (κ2) is 9.14. The first-order valence-electron chi connectivity index (χ1n) is 8.49. The van der Waals surface area contributed by atoms with Gasteiger partial charge >= 0.3 is 0 Å². The second-order valence-corrected chi connectivity index (χ2v) is 8.16. The Balaban J connectivity index is 1.48. The van der Waals surface area contributed by atoms with E-state index in [1.54, 1.807) is 19.2 Å². The van der Waals surface area contributed by atoms with Crippen LogP contribution in [0.3, 0.4) is 0 Å². The Kier molecular flexibility index (Phi) is 6.62. The van der Waals surface area contributed by atoms with Gasteiger partial charge in [-0.05, 0) is 17.7 Å². The molecule has 1 N–H and O–H groups in total. The smallest absolute Gasteiger partial charge is 0.230 e. The van der Waals surface area contributed by atoms with Crippen LogP contribution < -0.4 is 10.2 Å². The average Bonchev–Trinajstić information content (AvgIpc) is 3.17. The topological polar surface area (TPSA) is 78.4 Å². The van der Waals surface area contributed by atoms with E-state index in [1.165, 1.54) is 35.2 Å². The number of piperazine rings is 1. The van der Waals surface area contributed by atoms with Crippen molar-refractivity contribution < 1.29 is 14.0 Å². The first-order valence-corrected chi connectivity index (χ1v) is 10.3. The number of halogens is 1. The molecule has 0 saturated carbocycles. The molecule has 0 spiro atoms. The van der Waals surface area contributed by atoms with Crippen molar-refractivity contribution in [1.82, 2.24) is 20.4 Å². The van der Waals surface area contributed by atoms with E-state index >= 15 is 0 Å². The fourth-order valence-electron chi connectivity index (χ4n) is 2.62. The zero-order valence-corrected chi connectivity index (χ0v) is 16.5. The largest absolute Gasteiger partial charge is 0.358 e. The minimum absolute atomic E-state index is 0.0420. The van der Waals surface area contributed by atoms with Gasteiger partial charge in [0.15, 0.2) is 4.34 Å². The summed E-state index contributed by atoms with van der Waals surface area (Å²) in [6.45, 7) is 2.59. The Hall–Kier alpha value is -2.20. The summed E-state index contributed by atoms with van der Waals surface area (Å²) in [6, 6.07) is 6.02. The lowest BCUT2D eigenvalue weighted by Crippen LogP contribution is -2.49. The maximum atomic E-state index is 13.0. The molecule has 0 unspecified atom stereocenters. The highest BCUT2D eigenvalue weighted by molar-refractivity contribution is 8.01. The molecule has 1 aromatic carbocycles. The van der Waals surface area contributed by atoms with Crippen LogP contribution in [0.25, 0.3) is 0 Å². The van der Waals surface area contributed by atoms with Crippen LogP contribution in [0.15, 0.2) is 28.6 Å². The van der Waals surface area contributed by atoms with Crippen molar-refractivity contribution in [1.29, 1.82) is 0 Å². The van der Waals surface area contributed by atoms with Gasteiger partial charge in [0.25, 0.3) is 0 Å². The van der Waals surface area contributed by atoms with Gasteiger partial charge in [-0.3, -0.25) is 9.59 Å². The molecule has 2 heterocycles. The second-order valence-electron chi connectivity index (χ2n) is 5.98. The third-order valence-corrected chi connectivity index (χ3v) is 6.29. The molecule has 0 radical (unpaired) electrons. The SMILES string of the molecule is CNC(=O)CSc1nnc(N2CCN(C(=O)Cc3ccc(F)cc3)CC2)s1. The van der Waals surface area contributed by atoms with Gasteiger partial charge in [-0.25, -0.2) is 4.39 Å². The van der Waals surface area contributed by atoms with Crippen LogP contribution in [0.1, 0.15) is 5.56 Å². The number of carbonyl (C=O) groups is 2. The summed E-state index contributed by atoms with van der Waals surface area (Å²) < 4.78 is 13.7. The highest BCUT2D eigenvalue weighted by Crippen LogP contribution is 2.28.